The molecule has 3 aromatic carbocycles. The fourth-order valence-electron chi connectivity index (χ4n) is 2.92. The molecule has 3 aromatic rings. The third kappa shape index (κ3) is 5.14. The Balaban J connectivity index is 1.83. The molecule has 0 saturated heterocycles. The molecule has 1 atom stereocenters. The molecular weight excluding hydrogens is 418 g/mol. The van der Waals surface area contributed by atoms with Gasteiger partial charge in [0.15, 0.2) is 5.78 Å². The van der Waals surface area contributed by atoms with E-state index in [-0.39, 0.29) is 11.8 Å². The minimum atomic E-state index is -0.171. The van der Waals surface area contributed by atoms with Crippen LogP contribution < -0.4 is 14.8 Å². The van der Waals surface area contributed by atoms with E-state index in [1.165, 1.54) is 0 Å². The van der Waals surface area contributed by atoms with Crippen LogP contribution in [-0.4, -0.2) is 20.0 Å². The molecule has 0 amide bonds. The Labute approximate surface area is 173 Å². The minimum Gasteiger partial charge on any atom is -0.497 e. The van der Waals surface area contributed by atoms with Crippen LogP contribution in [0.5, 0.6) is 11.5 Å². The number of ketones is 1. The maximum Gasteiger partial charge on any atom is 0.165 e. The van der Waals surface area contributed by atoms with E-state index < -0.39 is 0 Å². The van der Waals surface area contributed by atoms with Crippen molar-refractivity contribution in [1.82, 2.24) is 0 Å². The van der Waals surface area contributed by atoms with E-state index >= 15 is 0 Å². The topological polar surface area (TPSA) is 47.6 Å². The van der Waals surface area contributed by atoms with Crippen molar-refractivity contribution in [2.45, 2.75) is 12.5 Å². The number of carbonyl (C=O) groups is 1. The average molecular weight is 440 g/mol. The van der Waals surface area contributed by atoms with Gasteiger partial charge in [-0.1, -0.05) is 40.2 Å². The first-order valence-corrected chi connectivity index (χ1v) is 9.71. The third-order valence-electron chi connectivity index (χ3n) is 4.50. The third-order valence-corrected chi connectivity index (χ3v) is 5.03. The van der Waals surface area contributed by atoms with E-state index in [0.29, 0.717) is 12.0 Å². The molecule has 5 heteroatoms. The number of hydrogen-bond acceptors (Lipinski definition) is 4. The number of ether oxygens (including phenoxy) is 2. The summed E-state index contributed by atoms with van der Waals surface area (Å²) in [7, 11) is 3.28. The normalized spacial score (nSPS) is 11.5. The molecule has 3 rings (SSSR count). The largest absolute Gasteiger partial charge is 0.497 e. The van der Waals surface area contributed by atoms with Gasteiger partial charge in [0.2, 0.25) is 0 Å². The summed E-state index contributed by atoms with van der Waals surface area (Å²) in [6.45, 7) is 0. The lowest BCUT2D eigenvalue weighted by atomic mass is 9.97. The van der Waals surface area contributed by atoms with Crippen LogP contribution in [0.25, 0.3) is 0 Å². The van der Waals surface area contributed by atoms with Gasteiger partial charge >= 0.3 is 0 Å². The smallest absolute Gasteiger partial charge is 0.165 e. The molecule has 28 heavy (non-hydrogen) atoms. The highest BCUT2D eigenvalue weighted by Gasteiger charge is 2.18. The molecule has 0 heterocycles. The van der Waals surface area contributed by atoms with Gasteiger partial charge in [-0.2, -0.15) is 0 Å². The van der Waals surface area contributed by atoms with Crippen LogP contribution >= 0.6 is 15.9 Å². The molecule has 0 aliphatic carbocycles. The number of benzene rings is 3. The van der Waals surface area contributed by atoms with Crippen molar-refractivity contribution in [2.75, 3.05) is 19.5 Å². The van der Waals surface area contributed by atoms with Crippen molar-refractivity contribution in [2.24, 2.45) is 0 Å². The Bertz CT molecular complexity index is 906. The number of halogens is 1. The van der Waals surface area contributed by atoms with Gasteiger partial charge in [0, 0.05) is 22.1 Å². The van der Waals surface area contributed by atoms with Crippen molar-refractivity contribution in [1.29, 1.82) is 0 Å². The van der Waals surface area contributed by atoms with Crippen LogP contribution in [0.2, 0.25) is 0 Å². The fourth-order valence-corrected chi connectivity index (χ4v) is 3.18. The molecule has 0 aromatic heterocycles. The molecule has 0 bridgehead atoms. The Kier molecular flexibility index (Phi) is 6.71. The van der Waals surface area contributed by atoms with Crippen LogP contribution in [0.15, 0.2) is 77.3 Å². The highest BCUT2D eigenvalue weighted by atomic mass is 79.9. The van der Waals surface area contributed by atoms with E-state index in [0.717, 1.165) is 27.2 Å². The summed E-state index contributed by atoms with van der Waals surface area (Å²) in [6, 6.07) is 22.7. The van der Waals surface area contributed by atoms with E-state index in [1.54, 1.807) is 14.2 Å². The zero-order valence-electron chi connectivity index (χ0n) is 15.8. The molecule has 0 spiro atoms. The Morgan fingerprint density at radius 1 is 0.857 bits per heavy atom. The maximum atomic E-state index is 12.9. The summed E-state index contributed by atoms with van der Waals surface area (Å²) < 4.78 is 11.4. The second-order valence-electron chi connectivity index (χ2n) is 6.33. The Morgan fingerprint density at radius 3 is 1.93 bits per heavy atom. The van der Waals surface area contributed by atoms with E-state index in [1.807, 2.05) is 72.8 Å². The Morgan fingerprint density at radius 2 is 1.39 bits per heavy atom. The summed E-state index contributed by atoms with van der Waals surface area (Å²) in [5.74, 6) is 1.65. The van der Waals surface area contributed by atoms with Gasteiger partial charge in [0.1, 0.15) is 11.5 Å². The van der Waals surface area contributed by atoms with Crippen molar-refractivity contribution in [3.8, 4) is 11.5 Å². The first-order valence-electron chi connectivity index (χ1n) is 8.92. The van der Waals surface area contributed by atoms with E-state index in [4.69, 9.17) is 9.47 Å². The molecule has 0 fully saturated rings. The zero-order chi connectivity index (χ0) is 19.9. The lowest BCUT2D eigenvalue weighted by Gasteiger charge is -2.20. The molecule has 144 valence electrons. The van der Waals surface area contributed by atoms with Gasteiger partial charge in [-0.05, 0) is 54.1 Å². The van der Waals surface area contributed by atoms with Crippen LogP contribution in [0.3, 0.4) is 0 Å². The number of Topliss-reactive ketones (excluding diaryl/α,β-unsaturated/α-hetero) is 1. The van der Waals surface area contributed by atoms with E-state index in [9.17, 15) is 4.79 Å². The quantitative estimate of drug-likeness (QED) is 0.444. The average Bonchev–Trinajstić information content (AvgIpc) is 2.74. The highest BCUT2D eigenvalue weighted by Crippen LogP contribution is 2.27. The number of hydrogen-bond donors (Lipinski definition) is 1. The predicted molar refractivity (Wildman–Crippen MR) is 115 cm³/mol. The molecule has 0 saturated carbocycles. The molecule has 0 aliphatic rings. The predicted octanol–water partition coefficient (Wildman–Crippen LogP) is 5.89. The number of anilines is 1. The van der Waals surface area contributed by atoms with Crippen molar-refractivity contribution in [3.63, 3.8) is 0 Å². The standard InChI is InChI=1S/C23H22BrNO3/c1-27-20-11-5-16(6-12-20)22(25-19-9-13-21(28-2)14-10-19)15-23(26)17-3-7-18(24)8-4-17/h3-14,22,25H,15H2,1-2H3/t22-/m0/s1. The number of rotatable bonds is 8. The molecule has 0 aliphatic heterocycles. The van der Waals surface area contributed by atoms with Gasteiger partial charge in [-0.3, -0.25) is 4.79 Å². The Hall–Kier alpha value is -2.79. The SMILES string of the molecule is COc1ccc(N[C@@H](CC(=O)c2ccc(Br)cc2)c2ccc(OC)cc2)cc1. The first kappa shape index (κ1) is 20.0. The van der Waals surface area contributed by atoms with Crippen molar-refractivity contribution < 1.29 is 14.3 Å². The summed E-state index contributed by atoms with van der Waals surface area (Å²) in [6.07, 6.45) is 0.333. The van der Waals surface area contributed by atoms with Crippen molar-refractivity contribution >= 4 is 27.4 Å². The van der Waals surface area contributed by atoms with E-state index in [2.05, 4.69) is 21.2 Å². The number of nitrogens with one attached hydrogen (secondary N) is 1. The van der Waals surface area contributed by atoms with Crippen molar-refractivity contribution in [3.05, 3.63) is 88.4 Å². The fraction of sp³-hybridized carbons (Fsp3) is 0.174. The van der Waals surface area contributed by atoms with Gasteiger partial charge in [-0.15, -0.1) is 0 Å². The van der Waals surface area contributed by atoms with Crippen LogP contribution in [0, 0.1) is 0 Å². The van der Waals surface area contributed by atoms with Crippen LogP contribution in [0.4, 0.5) is 5.69 Å². The second kappa shape index (κ2) is 9.42. The molecule has 0 radical (unpaired) electrons. The van der Waals surface area contributed by atoms with Gasteiger partial charge in [0.25, 0.3) is 0 Å². The first-order chi connectivity index (χ1) is 13.6. The monoisotopic (exact) mass is 439 g/mol. The maximum absolute atomic E-state index is 12.9. The number of methoxy groups -OCH3 is 2. The minimum absolute atomic E-state index is 0.0781. The molecule has 0 unspecified atom stereocenters. The summed E-state index contributed by atoms with van der Waals surface area (Å²) in [5.41, 5.74) is 2.63. The van der Waals surface area contributed by atoms with Gasteiger partial charge in [0.05, 0.1) is 20.3 Å². The second-order valence-corrected chi connectivity index (χ2v) is 7.25. The highest BCUT2D eigenvalue weighted by molar-refractivity contribution is 9.10. The summed E-state index contributed by atoms with van der Waals surface area (Å²) in [5, 5.41) is 3.47. The molecule has 1 N–H and O–H groups in total. The molecular formula is C23H22BrNO3. The van der Waals surface area contributed by atoms with Crippen LogP contribution in [0.1, 0.15) is 28.4 Å². The lowest BCUT2D eigenvalue weighted by Crippen LogP contribution is -2.16. The lowest BCUT2D eigenvalue weighted by molar-refractivity contribution is 0.0976. The summed E-state index contributed by atoms with van der Waals surface area (Å²) >= 11 is 3.41. The molecule has 4 nitrogen and oxygen atoms in total. The zero-order valence-corrected chi connectivity index (χ0v) is 17.4. The summed E-state index contributed by atoms with van der Waals surface area (Å²) in [4.78, 5) is 12.9. The van der Waals surface area contributed by atoms with Crippen LogP contribution in [-0.2, 0) is 0 Å². The number of carbonyl (C=O) groups excluding carboxylic acids is 1. The van der Waals surface area contributed by atoms with Gasteiger partial charge in [-0.25, -0.2) is 0 Å². The van der Waals surface area contributed by atoms with Gasteiger partial charge < -0.3 is 14.8 Å².